The maximum absolute atomic E-state index is 11.8. The lowest BCUT2D eigenvalue weighted by atomic mass is 9.94. The van der Waals surface area contributed by atoms with Gasteiger partial charge in [-0.1, -0.05) is 19.0 Å². The third-order valence-corrected chi connectivity index (χ3v) is 2.87. The first-order valence-corrected chi connectivity index (χ1v) is 5.99. The van der Waals surface area contributed by atoms with Crippen LogP contribution < -0.4 is 5.73 Å². The Labute approximate surface area is 105 Å². The number of hydrogen-bond acceptors (Lipinski definition) is 5. The van der Waals surface area contributed by atoms with E-state index in [0.29, 0.717) is 31.0 Å². The SMILES string of the molecule is CCC(N)(CC)c1nc(CCOCC(F)F)no1. The third-order valence-electron chi connectivity index (χ3n) is 2.87. The van der Waals surface area contributed by atoms with Crippen LogP contribution in [-0.4, -0.2) is 29.8 Å². The molecule has 0 radical (unpaired) electrons. The molecule has 0 saturated carbocycles. The number of nitrogens with two attached hydrogens (primary N) is 1. The predicted octanol–water partition coefficient (Wildman–Crippen LogP) is 1.87. The number of ether oxygens (including phenoxy) is 1. The van der Waals surface area contributed by atoms with Crippen molar-refractivity contribution in [1.82, 2.24) is 10.1 Å². The smallest absolute Gasteiger partial charge is 0.261 e. The molecular weight excluding hydrogens is 244 g/mol. The summed E-state index contributed by atoms with van der Waals surface area (Å²) in [6.45, 7) is 3.45. The van der Waals surface area contributed by atoms with E-state index in [9.17, 15) is 8.78 Å². The Morgan fingerprint density at radius 1 is 1.39 bits per heavy atom. The topological polar surface area (TPSA) is 74.2 Å². The van der Waals surface area contributed by atoms with Crippen LogP contribution >= 0.6 is 0 Å². The van der Waals surface area contributed by atoms with Crippen LogP contribution in [0.4, 0.5) is 8.78 Å². The van der Waals surface area contributed by atoms with Crippen molar-refractivity contribution in [2.45, 2.75) is 45.1 Å². The van der Waals surface area contributed by atoms with Crippen LogP contribution in [0.5, 0.6) is 0 Å². The van der Waals surface area contributed by atoms with Gasteiger partial charge in [-0.3, -0.25) is 0 Å². The van der Waals surface area contributed by atoms with Gasteiger partial charge >= 0.3 is 0 Å². The average molecular weight is 263 g/mol. The van der Waals surface area contributed by atoms with Crippen molar-refractivity contribution in [3.8, 4) is 0 Å². The Morgan fingerprint density at radius 3 is 2.61 bits per heavy atom. The third kappa shape index (κ3) is 3.99. The standard InChI is InChI=1S/C11H19F2N3O2/c1-3-11(14,4-2)10-15-9(16-18-10)5-6-17-7-8(12)13/h8H,3-7,14H2,1-2H3. The molecule has 0 spiro atoms. The van der Waals surface area contributed by atoms with Gasteiger partial charge in [0.25, 0.3) is 6.43 Å². The minimum atomic E-state index is -2.46. The number of alkyl halides is 2. The minimum absolute atomic E-state index is 0.138. The molecule has 7 heteroatoms. The van der Waals surface area contributed by atoms with Crippen LogP contribution in [0.2, 0.25) is 0 Å². The maximum Gasteiger partial charge on any atom is 0.261 e. The zero-order valence-electron chi connectivity index (χ0n) is 10.7. The van der Waals surface area contributed by atoms with Crippen molar-refractivity contribution in [1.29, 1.82) is 0 Å². The molecule has 1 heterocycles. The quantitative estimate of drug-likeness (QED) is 0.725. The molecule has 0 atom stereocenters. The Kier molecular flexibility index (Phi) is 5.61. The zero-order valence-corrected chi connectivity index (χ0v) is 10.7. The van der Waals surface area contributed by atoms with Crippen molar-refractivity contribution in [2.75, 3.05) is 13.2 Å². The molecule has 5 nitrogen and oxygen atoms in total. The average Bonchev–Trinajstić information content (AvgIpc) is 2.83. The number of aromatic nitrogens is 2. The lowest BCUT2D eigenvalue weighted by Crippen LogP contribution is -2.35. The summed E-state index contributed by atoms with van der Waals surface area (Å²) in [6, 6.07) is 0. The molecule has 0 aliphatic carbocycles. The van der Waals surface area contributed by atoms with Gasteiger partial charge in [0, 0.05) is 6.42 Å². The second-order valence-electron chi connectivity index (χ2n) is 4.10. The monoisotopic (exact) mass is 263 g/mol. The van der Waals surface area contributed by atoms with Crippen LogP contribution in [-0.2, 0) is 16.7 Å². The second-order valence-corrected chi connectivity index (χ2v) is 4.10. The van der Waals surface area contributed by atoms with Crippen molar-refractivity contribution in [3.63, 3.8) is 0 Å². The largest absolute Gasteiger partial charge is 0.375 e. The molecule has 1 aromatic rings. The summed E-state index contributed by atoms with van der Waals surface area (Å²) in [7, 11) is 0. The molecule has 2 N–H and O–H groups in total. The van der Waals surface area contributed by atoms with E-state index in [1.54, 1.807) is 0 Å². The van der Waals surface area contributed by atoms with E-state index < -0.39 is 18.6 Å². The molecule has 18 heavy (non-hydrogen) atoms. The zero-order chi connectivity index (χ0) is 13.6. The van der Waals surface area contributed by atoms with Gasteiger partial charge in [-0.2, -0.15) is 4.98 Å². The highest BCUT2D eigenvalue weighted by atomic mass is 19.3. The summed E-state index contributed by atoms with van der Waals surface area (Å²) >= 11 is 0. The first kappa shape index (κ1) is 15.0. The van der Waals surface area contributed by atoms with E-state index in [1.807, 2.05) is 13.8 Å². The lowest BCUT2D eigenvalue weighted by molar-refractivity contribution is 0.0182. The molecule has 1 rings (SSSR count). The Morgan fingerprint density at radius 2 is 2.06 bits per heavy atom. The van der Waals surface area contributed by atoms with Gasteiger partial charge in [-0.15, -0.1) is 0 Å². The highest BCUT2D eigenvalue weighted by molar-refractivity contribution is 5.01. The van der Waals surface area contributed by atoms with Crippen LogP contribution in [0, 0.1) is 0 Å². The molecule has 0 unspecified atom stereocenters. The van der Waals surface area contributed by atoms with E-state index in [0.717, 1.165) is 0 Å². The van der Waals surface area contributed by atoms with Gasteiger partial charge in [0.05, 0.1) is 12.1 Å². The predicted molar refractivity (Wildman–Crippen MR) is 61.3 cm³/mol. The summed E-state index contributed by atoms with van der Waals surface area (Å²) in [5.74, 6) is 0.812. The molecule has 0 aliphatic heterocycles. The molecule has 0 aromatic carbocycles. The second kappa shape index (κ2) is 6.75. The molecule has 0 fully saturated rings. The number of hydrogen-bond donors (Lipinski definition) is 1. The van der Waals surface area contributed by atoms with Gasteiger partial charge in [-0.05, 0) is 12.8 Å². The van der Waals surface area contributed by atoms with Gasteiger partial charge in [-0.25, -0.2) is 8.78 Å². The molecule has 0 amide bonds. The Hall–Kier alpha value is -1.08. The first-order valence-electron chi connectivity index (χ1n) is 5.99. The van der Waals surface area contributed by atoms with Crippen LogP contribution in [0.3, 0.4) is 0 Å². The fourth-order valence-electron chi connectivity index (χ4n) is 1.45. The number of halogens is 2. The van der Waals surface area contributed by atoms with Crippen LogP contribution in [0.15, 0.2) is 4.52 Å². The molecule has 104 valence electrons. The van der Waals surface area contributed by atoms with Gasteiger partial charge in [0.1, 0.15) is 6.61 Å². The summed E-state index contributed by atoms with van der Waals surface area (Å²) in [4.78, 5) is 4.17. The van der Waals surface area contributed by atoms with E-state index in [-0.39, 0.29) is 6.61 Å². The molecular formula is C11H19F2N3O2. The highest BCUT2D eigenvalue weighted by Gasteiger charge is 2.29. The van der Waals surface area contributed by atoms with Crippen LogP contribution in [0.1, 0.15) is 38.4 Å². The molecule has 0 bridgehead atoms. The maximum atomic E-state index is 11.8. The summed E-state index contributed by atoms with van der Waals surface area (Å²) < 4.78 is 33.5. The van der Waals surface area contributed by atoms with Crippen molar-refractivity contribution < 1.29 is 18.0 Å². The van der Waals surface area contributed by atoms with Gasteiger partial charge < -0.3 is 15.0 Å². The van der Waals surface area contributed by atoms with Crippen molar-refractivity contribution >= 4 is 0 Å². The minimum Gasteiger partial charge on any atom is -0.375 e. The number of nitrogens with zero attached hydrogens (tertiary/aromatic N) is 2. The molecule has 0 saturated heterocycles. The van der Waals surface area contributed by atoms with E-state index in [1.165, 1.54) is 0 Å². The lowest BCUT2D eigenvalue weighted by Gasteiger charge is -2.20. The number of rotatable bonds is 8. The first-order chi connectivity index (χ1) is 8.51. The van der Waals surface area contributed by atoms with Gasteiger partial charge in [0.15, 0.2) is 5.82 Å². The highest BCUT2D eigenvalue weighted by Crippen LogP contribution is 2.23. The normalized spacial score (nSPS) is 12.3. The molecule has 0 aliphatic rings. The van der Waals surface area contributed by atoms with E-state index in [4.69, 9.17) is 15.0 Å². The van der Waals surface area contributed by atoms with E-state index in [2.05, 4.69) is 10.1 Å². The van der Waals surface area contributed by atoms with Crippen molar-refractivity contribution in [3.05, 3.63) is 11.7 Å². The van der Waals surface area contributed by atoms with Crippen molar-refractivity contribution in [2.24, 2.45) is 5.73 Å². The summed E-state index contributed by atoms with van der Waals surface area (Å²) in [6.07, 6.45) is -0.748. The fraction of sp³-hybridized carbons (Fsp3) is 0.818. The Balaban J connectivity index is 2.48. The Bertz CT molecular complexity index is 354. The van der Waals surface area contributed by atoms with Crippen LogP contribution in [0.25, 0.3) is 0 Å². The summed E-state index contributed by atoms with van der Waals surface area (Å²) in [5.41, 5.74) is 5.48. The fourth-order valence-corrected chi connectivity index (χ4v) is 1.45. The van der Waals surface area contributed by atoms with Gasteiger partial charge in [0.2, 0.25) is 5.89 Å². The van der Waals surface area contributed by atoms with E-state index >= 15 is 0 Å². The molecule has 1 aromatic heterocycles. The summed E-state index contributed by atoms with van der Waals surface area (Å²) in [5, 5.41) is 3.76.